The Morgan fingerprint density at radius 3 is 2.88 bits per heavy atom. The minimum Gasteiger partial charge on any atom is -0.498 e. The molecule has 3 atom stereocenters. The predicted molar refractivity (Wildman–Crippen MR) is 68.4 cm³/mol. The molecule has 2 aliphatic rings. The fourth-order valence-electron chi connectivity index (χ4n) is 2.64. The molecule has 0 aliphatic heterocycles. The number of halogens is 1. The molecule has 0 aromatic rings. The lowest BCUT2D eigenvalue weighted by Crippen LogP contribution is -2.18. The Hall–Kier alpha value is -0.790. The van der Waals surface area contributed by atoms with Crippen molar-refractivity contribution in [1.82, 2.24) is 0 Å². The summed E-state index contributed by atoms with van der Waals surface area (Å²) >= 11 is 0. The van der Waals surface area contributed by atoms with Crippen molar-refractivity contribution in [3.8, 4) is 0 Å². The monoisotopic (exact) mass is 238 g/mol. The number of allylic oxidation sites excluding steroid dienone is 4. The molecule has 2 heteroatoms. The highest BCUT2D eigenvalue weighted by Gasteiger charge is 2.19. The van der Waals surface area contributed by atoms with E-state index in [4.69, 9.17) is 4.74 Å². The van der Waals surface area contributed by atoms with Crippen molar-refractivity contribution in [2.24, 2.45) is 11.8 Å². The molecule has 0 spiro atoms. The Labute approximate surface area is 104 Å². The largest absolute Gasteiger partial charge is 0.498 e. The summed E-state index contributed by atoms with van der Waals surface area (Å²) in [6.45, 7) is 2.94. The molecule has 0 saturated heterocycles. The van der Waals surface area contributed by atoms with Crippen LogP contribution < -0.4 is 0 Å². The highest BCUT2D eigenvalue weighted by Crippen LogP contribution is 2.28. The lowest BCUT2D eigenvalue weighted by Gasteiger charge is -2.24. The van der Waals surface area contributed by atoms with Crippen LogP contribution in [-0.4, -0.2) is 12.8 Å². The molecule has 0 saturated carbocycles. The van der Waals surface area contributed by atoms with E-state index in [-0.39, 0.29) is 0 Å². The van der Waals surface area contributed by atoms with E-state index in [1.54, 1.807) is 6.08 Å². The van der Waals surface area contributed by atoms with Crippen LogP contribution >= 0.6 is 0 Å². The first-order valence-electron chi connectivity index (χ1n) is 6.90. The third-order valence-electron chi connectivity index (χ3n) is 3.93. The molecule has 2 rings (SSSR count). The summed E-state index contributed by atoms with van der Waals surface area (Å²) in [5, 5.41) is 0. The smallest absolute Gasteiger partial charge is 0.119 e. The van der Waals surface area contributed by atoms with Crippen LogP contribution in [-0.2, 0) is 4.74 Å². The summed E-state index contributed by atoms with van der Waals surface area (Å²) in [5.41, 5.74) is 0. The number of rotatable bonds is 4. The third-order valence-corrected chi connectivity index (χ3v) is 3.93. The molecule has 0 N–H and O–H groups in total. The number of ether oxygens (including phenoxy) is 1. The van der Waals surface area contributed by atoms with Crippen molar-refractivity contribution < 1.29 is 9.13 Å². The summed E-state index contributed by atoms with van der Waals surface area (Å²) < 4.78 is 19.0. The summed E-state index contributed by atoms with van der Waals surface area (Å²) in [6.07, 6.45) is 11.4. The van der Waals surface area contributed by atoms with E-state index in [9.17, 15) is 4.39 Å². The van der Waals surface area contributed by atoms with Crippen LogP contribution in [0.5, 0.6) is 0 Å². The quantitative estimate of drug-likeness (QED) is 0.659. The van der Waals surface area contributed by atoms with Crippen LogP contribution in [0.25, 0.3) is 0 Å². The fraction of sp³-hybridized carbons (Fsp3) is 0.733. The van der Waals surface area contributed by atoms with E-state index in [0.29, 0.717) is 18.9 Å². The van der Waals surface area contributed by atoms with Gasteiger partial charge in [0.05, 0.1) is 12.4 Å². The molecule has 1 nitrogen and oxygen atoms in total. The van der Waals surface area contributed by atoms with Gasteiger partial charge in [0.25, 0.3) is 0 Å². The van der Waals surface area contributed by atoms with E-state index < -0.39 is 6.17 Å². The Morgan fingerprint density at radius 1 is 1.35 bits per heavy atom. The Bertz CT molecular complexity index is 295. The Kier molecular flexibility index (Phi) is 4.64. The van der Waals surface area contributed by atoms with Gasteiger partial charge >= 0.3 is 0 Å². The van der Waals surface area contributed by atoms with Crippen molar-refractivity contribution >= 4 is 0 Å². The van der Waals surface area contributed by atoms with Crippen molar-refractivity contribution in [2.75, 3.05) is 6.61 Å². The van der Waals surface area contributed by atoms with Gasteiger partial charge in [0.15, 0.2) is 0 Å². The van der Waals surface area contributed by atoms with Crippen molar-refractivity contribution in [2.45, 2.75) is 51.6 Å². The molecule has 0 aromatic heterocycles. The second-order valence-corrected chi connectivity index (χ2v) is 5.31. The molecule has 3 unspecified atom stereocenters. The average molecular weight is 238 g/mol. The molecule has 0 amide bonds. The maximum atomic E-state index is 13.1. The van der Waals surface area contributed by atoms with Crippen LogP contribution in [0.2, 0.25) is 0 Å². The molecule has 96 valence electrons. The van der Waals surface area contributed by atoms with Crippen molar-refractivity contribution in [1.29, 1.82) is 0 Å². The second-order valence-electron chi connectivity index (χ2n) is 5.31. The van der Waals surface area contributed by atoms with E-state index in [2.05, 4.69) is 13.0 Å². The van der Waals surface area contributed by atoms with Gasteiger partial charge in [0.1, 0.15) is 6.17 Å². The SMILES string of the molecule is CCC1CC=C(OCC2CC=CC(F)C2)CC1. The van der Waals surface area contributed by atoms with Gasteiger partial charge in [-0.1, -0.05) is 25.5 Å². The standard InChI is InChI=1S/C15H23FO/c1-2-12-6-8-15(9-7-12)17-11-13-4-3-5-14(16)10-13/h3,5,8,12-14H,2,4,6-7,9-11H2,1H3. The lowest BCUT2D eigenvalue weighted by atomic mass is 9.91. The second kappa shape index (κ2) is 6.23. The van der Waals surface area contributed by atoms with E-state index in [1.807, 2.05) is 6.08 Å². The summed E-state index contributed by atoms with van der Waals surface area (Å²) in [4.78, 5) is 0. The van der Waals surface area contributed by atoms with Crippen molar-refractivity contribution in [3.63, 3.8) is 0 Å². The lowest BCUT2D eigenvalue weighted by molar-refractivity contribution is 0.130. The maximum Gasteiger partial charge on any atom is 0.119 e. The first-order chi connectivity index (χ1) is 8.28. The molecule has 0 aromatic carbocycles. The van der Waals surface area contributed by atoms with Crippen molar-refractivity contribution in [3.05, 3.63) is 24.0 Å². The molecule has 0 bridgehead atoms. The van der Waals surface area contributed by atoms with Crippen LogP contribution in [0.3, 0.4) is 0 Å². The van der Waals surface area contributed by atoms with E-state index in [1.165, 1.54) is 12.8 Å². The summed E-state index contributed by atoms with van der Waals surface area (Å²) in [5.74, 6) is 2.34. The number of alkyl halides is 1. The van der Waals surface area contributed by atoms with Gasteiger partial charge in [-0.15, -0.1) is 0 Å². The number of hydrogen-bond donors (Lipinski definition) is 0. The zero-order valence-electron chi connectivity index (χ0n) is 10.7. The maximum absolute atomic E-state index is 13.1. The Balaban J connectivity index is 1.72. The fourth-order valence-corrected chi connectivity index (χ4v) is 2.64. The molecule has 0 fully saturated rings. The molecule has 0 heterocycles. The topological polar surface area (TPSA) is 9.23 Å². The van der Waals surface area contributed by atoms with Gasteiger partial charge in [-0.3, -0.25) is 0 Å². The minimum atomic E-state index is -0.762. The van der Waals surface area contributed by atoms with Crippen LogP contribution in [0.4, 0.5) is 4.39 Å². The van der Waals surface area contributed by atoms with E-state index >= 15 is 0 Å². The normalized spacial score (nSPS) is 33.3. The van der Waals surface area contributed by atoms with Gasteiger partial charge in [-0.05, 0) is 43.6 Å². The van der Waals surface area contributed by atoms with Gasteiger partial charge < -0.3 is 4.74 Å². The van der Waals surface area contributed by atoms with Gasteiger partial charge in [-0.25, -0.2) is 4.39 Å². The third kappa shape index (κ3) is 3.86. The highest BCUT2D eigenvalue weighted by molar-refractivity contribution is 5.00. The molecular formula is C15H23FO. The molecule has 2 aliphatic carbocycles. The zero-order chi connectivity index (χ0) is 12.1. The van der Waals surface area contributed by atoms with Gasteiger partial charge in [0.2, 0.25) is 0 Å². The van der Waals surface area contributed by atoms with Crippen LogP contribution in [0, 0.1) is 11.8 Å². The average Bonchev–Trinajstić information content (AvgIpc) is 2.37. The Morgan fingerprint density at radius 2 is 2.24 bits per heavy atom. The number of hydrogen-bond acceptors (Lipinski definition) is 1. The van der Waals surface area contributed by atoms with E-state index in [0.717, 1.165) is 30.9 Å². The first-order valence-corrected chi connectivity index (χ1v) is 6.90. The summed E-state index contributed by atoms with van der Waals surface area (Å²) in [7, 11) is 0. The molecular weight excluding hydrogens is 215 g/mol. The molecule has 0 radical (unpaired) electrons. The summed E-state index contributed by atoms with van der Waals surface area (Å²) in [6, 6.07) is 0. The van der Waals surface area contributed by atoms with Crippen LogP contribution in [0.15, 0.2) is 24.0 Å². The zero-order valence-corrected chi connectivity index (χ0v) is 10.7. The first kappa shape index (κ1) is 12.7. The predicted octanol–water partition coefficient (Wildman–Crippen LogP) is 4.40. The van der Waals surface area contributed by atoms with Gasteiger partial charge in [0, 0.05) is 6.42 Å². The minimum absolute atomic E-state index is 0.361. The van der Waals surface area contributed by atoms with Gasteiger partial charge in [-0.2, -0.15) is 0 Å². The molecule has 17 heavy (non-hydrogen) atoms. The van der Waals surface area contributed by atoms with Crippen LogP contribution in [0.1, 0.15) is 45.4 Å². The highest BCUT2D eigenvalue weighted by atomic mass is 19.1.